The second-order valence-electron chi connectivity index (χ2n) is 5.70. The molecule has 2 N–H and O–H groups in total. The highest BCUT2D eigenvalue weighted by Crippen LogP contribution is 2.22. The van der Waals surface area contributed by atoms with Crippen LogP contribution in [-0.2, 0) is 4.79 Å². The van der Waals surface area contributed by atoms with E-state index in [4.69, 9.17) is 5.73 Å². The number of carbonyl (C=O) groups excluding carboxylic acids is 1. The number of likely N-dealkylation sites (tertiary alicyclic amines) is 1. The topological polar surface area (TPSA) is 46.3 Å². The van der Waals surface area contributed by atoms with E-state index in [0.29, 0.717) is 12.5 Å². The number of hydrogen-bond donors (Lipinski definition) is 1. The van der Waals surface area contributed by atoms with Gasteiger partial charge in [-0.1, -0.05) is 37.3 Å². The highest BCUT2D eigenvalue weighted by molar-refractivity contribution is 5.76. The van der Waals surface area contributed by atoms with Crippen LogP contribution in [0.2, 0.25) is 0 Å². The minimum atomic E-state index is -0.0370. The van der Waals surface area contributed by atoms with Gasteiger partial charge in [-0.3, -0.25) is 4.79 Å². The lowest BCUT2D eigenvalue weighted by Crippen LogP contribution is -2.43. The van der Waals surface area contributed by atoms with Gasteiger partial charge in [0.25, 0.3) is 0 Å². The molecule has 0 aromatic heterocycles. The monoisotopic (exact) mass is 274 g/mol. The zero-order chi connectivity index (χ0) is 14.4. The number of benzene rings is 1. The zero-order valence-corrected chi connectivity index (χ0v) is 12.4. The molecule has 20 heavy (non-hydrogen) atoms. The van der Waals surface area contributed by atoms with E-state index in [1.807, 2.05) is 30.3 Å². The maximum absolute atomic E-state index is 12.4. The smallest absolute Gasteiger partial charge is 0.222 e. The van der Waals surface area contributed by atoms with Crippen molar-refractivity contribution in [3.8, 4) is 0 Å². The average Bonchev–Trinajstić information content (AvgIpc) is 2.53. The first kappa shape index (κ1) is 15.0. The summed E-state index contributed by atoms with van der Waals surface area (Å²) in [5.74, 6) is 0.280. The fourth-order valence-corrected chi connectivity index (χ4v) is 3.04. The molecule has 1 fully saturated rings. The summed E-state index contributed by atoms with van der Waals surface area (Å²) < 4.78 is 0. The van der Waals surface area contributed by atoms with Crippen LogP contribution in [0.4, 0.5) is 0 Å². The summed E-state index contributed by atoms with van der Waals surface area (Å²) in [7, 11) is 0. The molecule has 2 atom stereocenters. The van der Waals surface area contributed by atoms with E-state index in [1.54, 1.807) is 0 Å². The first-order valence-electron chi connectivity index (χ1n) is 7.82. The van der Waals surface area contributed by atoms with Crippen LogP contribution in [0.5, 0.6) is 0 Å². The Kier molecular flexibility index (Phi) is 5.60. The molecule has 1 aromatic carbocycles. The molecular formula is C17H26N2O. The Morgan fingerprint density at radius 1 is 1.35 bits per heavy atom. The molecule has 1 saturated heterocycles. The molecule has 0 radical (unpaired) electrons. The lowest BCUT2D eigenvalue weighted by atomic mass is 9.98. The summed E-state index contributed by atoms with van der Waals surface area (Å²) in [4.78, 5) is 14.5. The second-order valence-corrected chi connectivity index (χ2v) is 5.70. The minimum absolute atomic E-state index is 0.0370. The van der Waals surface area contributed by atoms with Crippen molar-refractivity contribution in [3.05, 3.63) is 35.9 Å². The number of nitrogens with zero attached hydrogens (tertiary/aromatic N) is 1. The van der Waals surface area contributed by atoms with Crippen LogP contribution in [0.3, 0.4) is 0 Å². The maximum Gasteiger partial charge on any atom is 0.222 e. The first-order chi connectivity index (χ1) is 9.72. The summed E-state index contributed by atoms with van der Waals surface area (Å²) in [6.45, 7) is 3.10. The van der Waals surface area contributed by atoms with Gasteiger partial charge in [-0.15, -0.1) is 0 Å². The SMILES string of the molecule is CC[C@@H]1CCCCN1C(=O)CC[C@@H](N)c1ccccc1. The molecule has 1 aliphatic rings. The van der Waals surface area contributed by atoms with E-state index in [1.165, 1.54) is 6.42 Å². The Hall–Kier alpha value is -1.35. The number of piperidine rings is 1. The van der Waals surface area contributed by atoms with Crippen LogP contribution in [0.1, 0.15) is 57.1 Å². The van der Waals surface area contributed by atoms with E-state index in [0.717, 1.165) is 37.8 Å². The molecule has 0 unspecified atom stereocenters. The minimum Gasteiger partial charge on any atom is -0.340 e. The van der Waals surface area contributed by atoms with Crippen LogP contribution < -0.4 is 5.73 Å². The van der Waals surface area contributed by atoms with E-state index >= 15 is 0 Å². The number of rotatable bonds is 5. The van der Waals surface area contributed by atoms with Crippen LogP contribution in [-0.4, -0.2) is 23.4 Å². The highest BCUT2D eigenvalue weighted by atomic mass is 16.2. The van der Waals surface area contributed by atoms with Crippen molar-refractivity contribution in [2.24, 2.45) is 5.73 Å². The highest BCUT2D eigenvalue weighted by Gasteiger charge is 2.25. The van der Waals surface area contributed by atoms with Crippen molar-refractivity contribution in [1.82, 2.24) is 4.90 Å². The number of amides is 1. The van der Waals surface area contributed by atoms with Gasteiger partial charge in [0, 0.05) is 25.0 Å². The molecule has 0 bridgehead atoms. The van der Waals surface area contributed by atoms with Crippen molar-refractivity contribution in [2.45, 2.75) is 57.5 Å². The molecule has 1 heterocycles. The Balaban J connectivity index is 1.85. The molecule has 1 aliphatic heterocycles. The van der Waals surface area contributed by atoms with Gasteiger partial charge >= 0.3 is 0 Å². The van der Waals surface area contributed by atoms with E-state index in [9.17, 15) is 4.79 Å². The van der Waals surface area contributed by atoms with Crippen LogP contribution in [0.25, 0.3) is 0 Å². The van der Waals surface area contributed by atoms with Crippen molar-refractivity contribution in [1.29, 1.82) is 0 Å². The van der Waals surface area contributed by atoms with E-state index in [2.05, 4.69) is 11.8 Å². The molecular weight excluding hydrogens is 248 g/mol. The molecule has 1 aromatic rings. The lowest BCUT2D eigenvalue weighted by molar-refractivity contribution is -0.135. The average molecular weight is 274 g/mol. The van der Waals surface area contributed by atoms with Gasteiger partial charge in [-0.2, -0.15) is 0 Å². The van der Waals surface area contributed by atoms with Crippen molar-refractivity contribution >= 4 is 5.91 Å². The van der Waals surface area contributed by atoms with Crippen LogP contribution in [0, 0.1) is 0 Å². The summed E-state index contributed by atoms with van der Waals surface area (Å²) in [6, 6.07) is 10.5. The quantitative estimate of drug-likeness (QED) is 0.896. The van der Waals surface area contributed by atoms with Gasteiger partial charge in [0.2, 0.25) is 5.91 Å². The molecule has 0 saturated carbocycles. The Bertz CT molecular complexity index is 418. The van der Waals surface area contributed by atoms with Crippen molar-refractivity contribution in [3.63, 3.8) is 0 Å². The largest absolute Gasteiger partial charge is 0.340 e. The van der Waals surface area contributed by atoms with Gasteiger partial charge in [0.15, 0.2) is 0 Å². The molecule has 110 valence electrons. The van der Waals surface area contributed by atoms with E-state index in [-0.39, 0.29) is 11.9 Å². The zero-order valence-electron chi connectivity index (χ0n) is 12.4. The van der Waals surface area contributed by atoms with Gasteiger partial charge in [-0.05, 0) is 37.7 Å². The van der Waals surface area contributed by atoms with Crippen LogP contribution in [0.15, 0.2) is 30.3 Å². The molecule has 1 amide bonds. The third-order valence-corrected chi connectivity index (χ3v) is 4.32. The number of nitrogens with two attached hydrogens (primary N) is 1. The standard InChI is InChI=1S/C17H26N2O/c1-2-15-10-6-7-13-19(15)17(20)12-11-16(18)14-8-4-3-5-9-14/h3-5,8-9,15-16H,2,6-7,10-13,18H2,1H3/t15-,16-/m1/s1. The van der Waals surface area contributed by atoms with Crippen LogP contribution >= 0.6 is 0 Å². The van der Waals surface area contributed by atoms with Crippen molar-refractivity contribution < 1.29 is 4.79 Å². The predicted molar refractivity (Wildman–Crippen MR) is 82.2 cm³/mol. The molecule has 0 spiro atoms. The van der Waals surface area contributed by atoms with Gasteiger partial charge < -0.3 is 10.6 Å². The fraction of sp³-hybridized carbons (Fsp3) is 0.588. The summed E-state index contributed by atoms with van der Waals surface area (Å²) in [5.41, 5.74) is 7.29. The third-order valence-electron chi connectivity index (χ3n) is 4.32. The molecule has 0 aliphatic carbocycles. The molecule has 3 heteroatoms. The second kappa shape index (κ2) is 7.44. The first-order valence-corrected chi connectivity index (χ1v) is 7.82. The molecule has 2 rings (SSSR count). The van der Waals surface area contributed by atoms with Gasteiger partial charge in [0.05, 0.1) is 0 Å². The van der Waals surface area contributed by atoms with Crippen molar-refractivity contribution in [2.75, 3.05) is 6.54 Å². The molecule has 3 nitrogen and oxygen atoms in total. The Labute approximate surface area is 122 Å². The normalized spacial score (nSPS) is 20.7. The number of carbonyl (C=O) groups is 1. The van der Waals surface area contributed by atoms with Gasteiger partial charge in [0.1, 0.15) is 0 Å². The Morgan fingerprint density at radius 3 is 2.80 bits per heavy atom. The summed E-state index contributed by atoms with van der Waals surface area (Å²) in [5, 5.41) is 0. The predicted octanol–water partition coefficient (Wildman–Crippen LogP) is 3.26. The Morgan fingerprint density at radius 2 is 2.10 bits per heavy atom. The maximum atomic E-state index is 12.4. The lowest BCUT2D eigenvalue weighted by Gasteiger charge is -2.35. The number of hydrogen-bond acceptors (Lipinski definition) is 2. The summed E-state index contributed by atoms with van der Waals surface area (Å²) >= 11 is 0. The van der Waals surface area contributed by atoms with Gasteiger partial charge in [-0.25, -0.2) is 0 Å². The van der Waals surface area contributed by atoms with E-state index < -0.39 is 0 Å². The summed E-state index contributed by atoms with van der Waals surface area (Å²) in [6.07, 6.45) is 5.92. The fourth-order valence-electron chi connectivity index (χ4n) is 3.04. The third kappa shape index (κ3) is 3.83.